The van der Waals surface area contributed by atoms with E-state index in [1.54, 1.807) is 6.07 Å². The van der Waals surface area contributed by atoms with Gasteiger partial charge in [-0.1, -0.05) is 16.0 Å². The van der Waals surface area contributed by atoms with Gasteiger partial charge in [-0.05, 0) is 36.5 Å². The SMILES string of the molecule is O=S(=O)(F)Oc1cccc2c1CCC2. The zero-order valence-corrected chi connectivity index (χ0v) is 8.18. The molecular weight excluding hydrogens is 207 g/mol. The van der Waals surface area contributed by atoms with Crippen molar-refractivity contribution in [3.63, 3.8) is 0 Å². The van der Waals surface area contributed by atoms with E-state index in [0.717, 1.165) is 30.4 Å². The highest BCUT2D eigenvalue weighted by Crippen LogP contribution is 2.31. The van der Waals surface area contributed by atoms with Crippen LogP contribution >= 0.6 is 0 Å². The molecule has 0 fully saturated rings. The molecule has 0 aromatic heterocycles. The second-order valence-electron chi connectivity index (χ2n) is 3.22. The Morgan fingerprint density at radius 2 is 2.07 bits per heavy atom. The van der Waals surface area contributed by atoms with Crippen molar-refractivity contribution in [2.24, 2.45) is 0 Å². The van der Waals surface area contributed by atoms with Gasteiger partial charge in [-0.25, -0.2) is 0 Å². The van der Waals surface area contributed by atoms with Crippen molar-refractivity contribution < 1.29 is 16.5 Å². The van der Waals surface area contributed by atoms with E-state index in [4.69, 9.17) is 0 Å². The molecule has 0 aliphatic heterocycles. The van der Waals surface area contributed by atoms with Crippen molar-refractivity contribution in [1.29, 1.82) is 0 Å². The molecule has 0 saturated heterocycles. The summed E-state index contributed by atoms with van der Waals surface area (Å²) in [5.41, 5.74) is 1.86. The maximum Gasteiger partial charge on any atom is 0.488 e. The van der Waals surface area contributed by atoms with Gasteiger partial charge < -0.3 is 4.18 Å². The molecule has 0 unspecified atom stereocenters. The topological polar surface area (TPSA) is 43.4 Å². The molecule has 5 heteroatoms. The molecule has 0 bridgehead atoms. The third-order valence-corrected chi connectivity index (χ3v) is 2.67. The van der Waals surface area contributed by atoms with Crippen LogP contribution in [0.1, 0.15) is 17.5 Å². The summed E-state index contributed by atoms with van der Waals surface area (Å²) in [6, 6.07) is 5.05. The van der Waals surface area contributed by atoms with Gasteiger partial charge in [0.2, 0.25) is 0 Å². The molecule has 0 heterocycles. The lowest BCUT2D eigenvalue weighted by Gasteiger charge is -2.05. The fraction of sp³-hybridized carbons (Fsp3) is 0.333. The highest BCUT2D eigenvalue weighted by molar-refractivity contribution is 7.81. The Balaban J connectivity index is 2.40. The van der Waals surface area contributed by atoms with Crippen LogP contribution in [0.4, 0.5) is 3.89 Å². The Labute approximate surface area is 81.9 Å². The van der Waals surface area contributed by atoms with Gasteiger partial charge in [0, 0.05) is 0 Å². The molecule has 0 N–H and O–H groups in total. The Hall–Kier alpha value is -1.10. The molecule has 1 aliphatic carbocycles. The van der Waals surface area contributed by atoms with Crippen LogP contribution in [-0.4, -0.2) is 8.42 Å². The number of fused-ring (bicyclic) bond motifs is 1. The fourth-order valence-electron chi connectivity index (χ4n) is 1.77. The normalized spacial score (nSPS) is 15.2. The van der Waals surface area contributed by atoms with Gasteiger partial charge in [0.25, 0.3) is 0 Å². The number of aryl methyl sites for hydroxylation is 1. The van der Waals surface area contributed by atoms with Crippen molar-refractivity contribution in [2.75, 3.05) is 0 Å². The molecule has 3 nitrogen and oxygen atoms in total. The highest BCUT2D eigenvalue weighted by atomic mass is 32.3. The van der Waals surface area contributed by atoms with Gasteiger partial charge in [0.05, 0.1) is 0 Å². The van der Waals surface area contributed by atoms with Crippen molar-refractivity contribution in [2.45, 2.75) is 19.3 Å². The number of hydrogen-bond donors (Lipinski definition) is 0. The molecule has 0 atom stereocenters. The summed E-state index contributed by atoms with van der Waals surface area (Å²) < 4.78 is 37.2. The lowest BCUT2D eigenvalue weighted by Crippen LogP contribution is -2.03. The van der Waals surface area contributed by atoms with Crippen molar-refractivity contribution in [1.82, 2.24) is 0 Å². The van der Waals surface area contributed by atoms with E-state index in [1.807, 2.05) is 6.07 Å². The lowest BCUT2D eigenvalue weighted by atomic mass is 10.1. The van der Waals surface area contributed by atoms with Gasteiger partial charge in [0.15, 0.2) is 0 Å². The first kappa shape index (κ1) is 9.45. The standard InChI is InChI=1S/C9H9FO3S/c10-14(11,12)13-9-6-2-4-7-3-1-5-8(7)9/h2,4,6H,1,3,5H2. The smallest absolute Gasteiger partial charge is 0.358 e. The van der Waals surface area contributed by atoms with Crippen molar-refractivity contribution in [3.8, 4) is 5.75 Å². The molecule has 0 spiro atoms. The second-order valence-corrected chi connectivity index (χ2v) is 4.18. The minimum Gasteiger partial charge on any atom is -0.358 e. The molecule has 0 amide bonds. The molecule has 14 heavy (non-hydrogen) atoms. The monoisotopic (exact) mass is 216 g/mol. The van der Waals surface area contributed by atoms with Gasteiger partial charge in [-0.2, -0.15) is 8.42 Å². The number of rotatable bonds is 2. The van der Waals surface area contributed by atoms with Gasteiger partial charge in [-0.15, -0.1) is 0 Å². The van der Waals surface area contributed by atoms with Gasteiger partial charge in [0.1, 0.15) is 5.75 Å². The Kier molecular flexibility index (Phi) is 2.19. The van der Waals surface area contributed by atoms with E-state index in [-0.39, 0.29) is 5.75 Å². The van der Waals surface area contributed by atoms with E-state index in [9.17, 15) is 12.3 Å². The average Bonchev–Trinajstić information content (AvgIpc) is 2.49. The van der Waals surface area contributed by atoms with E-state index in [2.05, 4.69) is 4.18 Å². The van der Waals surface area contributed by atoms with Crippen LogP contribution in [0.25, 0.3) is 0 Å². The molecular formula is C9H9FO3S. The first-order valence-electron chi connectivity index (χ1n) is 4.31. The van der Waals surface area contributed by atoms with Crippen LogP contribution in [-0.2, 0) is 23.3 Å². The summed E-state index contributed by atoms with van der Waals surface area (Å²) in [5, 5.41) is 0. The third kappa shape index (κ3) is 1.87. The largest absolute Gasteiger partial charge is 0.488 e. The van der Waals surface area contributed by atoms with Crippen LogP contribution < -0.4 is 4.18 Å². The second kappa shape index (κ2) is 3.24. The summed E-state index contributed by atoms with van der Waals surface area (Å²) in [4.78, 5) is 0. The molecule has 1 aromatic rings. The minimum atomic E-state index is -4.90. The zero-order valence-electron chi connectivity index (χ0n) is 7.36. The lowest BCUT2D eigenvalue weighted by molar-refractivity contribution is 0.438. The molecule has 0 saturated carbocycles. The molecule has 76 valence electrons. The maximum atomic E-state index is 12.3. The van der Waals surface area contributed by atoms with Crippen molar-refractivity contribution >= 4 is 10.5 Å². The van der Waals surface area contributed by atoms with Crippen LogP contribution in [0.3, 0.4) is 0 Å². The number of halogens is 1. The van der Waals surface area contributed by atoms with E-state index < -0.39 is 10.5 Å². The van der Waals surface area contributed by atoms with Gasteiger partial charge >= 0.3 is 10.5 Å². The molecule has 1 aromatic carbocycles. The summed E-state index contributed by atoms with van der Waals surface area (Å²) >= 11 is 0. The van der Waals surface area contributed by atoms with Crippen molar-refractivity contribution in [3.05, 3.63) is 29.3 Å². The summed E-state index contributed by atoms with van der Waals surface area (Å²) in [6.45, 7) is 0. The van der Waals surface area contributed by atoms with Crippen LogP contribution in [0.15, 0.2) is 18.2 Å². The Morgan fingerprint density at radius 3 is 2.79 bits per heavy atom. The first-order chi connectivity index (χ1) is 6.56. The zero-order chi connectivity index (χ0) is 10.2. The summed E-state index contributed by atoms with van der Waals surface area (Å²) in [6.07, 6.45) is 2.61. The molecule has 2 rings (SSSR count). The average molecular weight is 216 g/mol. The number of hydrogen-bond acceptors (Lipinski definition) is 3. The minimum absolute atomic E-state index is 0.127. The quantitative estimate of drug-likeness (QED) is 0.707. The fourth-order valence-corrected chi connectivity index (χ4v) is 2.14. The Morgan fingerprint density at radius 1 is 1.29 bits per heavy atom. The summed E-state index contributed by atoms with van der Waals surface area (Å²) in [7, 11) is -4.90. The molecule has 0 radical (unpaired) electrons. The highest BCUT2D eigenvalue weighted by Gasteiger charge is 2.19. The summed E-state index contributed by atoms with van der Waals surface area (Å²) in [5.74, 6) is 0.127. The van der Waals surface area contributed by atoms with E-state index in [1.165, 1.54) is 6.07 Å². The predicted octanol–water partition coefficient (Wildman–Crippen LogP) is 1.77. The van der Waals surface area contributed by atoms with Crippen LogP contribution in [0, 0.1) is 0 Å². The van der Waals surface area contributed by atoms with E-state index >= 15 is 0 Å². The van der Waals surface area contributed by atoms with Crippen LogP contribution in [0.2, 0.25) is 0 Å². The predicted molar refractivity (Wildman–Crippen MR) is 49.1 cm³/mol. The number of benzene rings is 1. The first-order valence-corrected chi connectivity index (χ1v) is 5.62. The third-order valence-electron chi connectivity index (χ3n) is 2.29. The maximum absolute atomic E-state index is 12.3. The van der Waals surface area contributed by atoms with Crippen LogP contribution in [0.5, 0.6) is 5.75 Å². The van der Waals surface area contributed by atoms with Gasteiger partial charge in [-0.3, -0.25) is 0 Å². The van der Waals surface area contributed by atoms with E-state index in [0.29, 0.717) is 0 Å². The molecule has 1 aliphatic rings. The Bertz CT molecular complexity index is 453.